The molecule has 1 aromatic carbocycles. The first kappa shape index (κ1) is 8.24. The molecule has 0 bridgehead atoms. The molecule has 0 fully saturated rings. The molecule has 0 radical (unpaired) electrons. The number of hydrogen-bond donors (Lipinski definition) is 0. The number of pyridine rings is 1. The third-order valence-corrected chi connectivity index (χ3v) is 2.43. The van der Waals surface area contributed by atoms with E-state index < -0.39 is 0 Å². The summed E-state index contributed by atoms with van der Waals surface area (Å²) in [7, 11) is 0. The van der Waals surface area contributed by atoms with Gasteiger partial charge in [-0.25, -0.2) is 0 Å². The molecule has 3 aromatic rings. The molecule has 3 rings (SSSR count). The summed E-state index contributed by atoms with van der Waals surface area (Å²) in [5.74, 6) is 0. The first-order valence-electron chi connectivity index (χ1n) is 4.83. The zero-order valence-electron chi connectivity index (χ0n) is 8.05. The van der Waals surface area contributed by atoms with Crippen molar-refractivity contribution in [3.8, 4) is 11.1 Å². The fourth-order valence-electron chi connectivity index (χ4n) is 1.72. The van der Waals surface area contributed by atoms with Gasteiger partial charge < -0.3 is 4.42 Å². The lowest BCUT2D eigenvalue weighted by atomic mass is 10.1. The molecule has 2 aromatic heterocycles. The van der Waals surface area contributed by atoms with Gasteiger partial charge in [0.05, 0.1) is 6.26 Å². The van der Waals surface area contributed by atoms with Crippen LogP contribution in [0.15, 0.2) is 59.3 Å². The minimum absolute atomic E-state index is 0.851. The van der Waals surface area contributed by atoms with Crippen LogP contribution in [-0.2, 0) is 0 Å². The Labute approximate surface area is 87.2 Å². The molecule has 0 unspecified atom stereocenters. The summed E-state index contributed by atoms with van der Waals surface area (Å²) in [4.78, 5) is 4.23. The Balaban J connectivity index is 2.31. The van der Waals surface area contributed by atoms with Crippen LogP contribution < -0.4 is 0 Å². The van der Waals surface area contributed by atoms with Crippen molar-refractivity contribution in [1.29, 1.82) is 0 Å². The normalized spacial score (nSPS) is 10.7. The van der Waals surface area contributed by atoms with Crippen molar-refractivity contribution in [3.05, 3.63) is 54.9 Å². The number of aromatic nitrogens is 1. The zero-order chi connectivity index (χ0) is 10.1. The van der Waals surface area contributed by atoms with Gasteiger partial charge >= 0.3 is 0 Å². The van der Waals surface area contributed by atoms with Gasteiger partial charge in [-0.1, -0.05) is 30.3 Å². The van der Waals surface area contributed by atoms with E-state index in [-0.39, 0.29) is 0 Å². The van der Waals surface area contributed by atoms with E-state index in [0.717, 1.165) is 22.2 Å². The van der Waals surface area contributed by atoms with Crippen molar-refractivity contribution < 1.29 is 4.42 Å². The fraction of sp³-hybridized carbons (Fsp3) is 0. The number of nitrogens with zero attached hydrogens (tertiary/aromatic N) is 1. The first-order valence-corrected chi connectivity index (χ1v) is 4.83. The molecule has 0 saturated heterocycles. The second-order valence-electron chi connectivity index (χ2n) is 3.36. The maximum atomic E-state index is 5.44. The van der Waals surface area contributed by atoms with Crippen LogP contribution in [0.3, 0.4) is 0 Å². The minimum Gasteiger partial charge on any atom is -0.462 e. The van der Waals surface area contributed by atoms with Crippen LogP contribution in [0.25, 0.3) is 22.2 Å². The van der Waals surface area contributed by atoms with Crippen LogP contribution >= 0.6 is 0 Å². The number of rotatable bonds is 1. The van der Waals surface area contributed by atoms with Gasteiger partial charge in [0.1, 0.15) is 5.52 Å². The van der Waals surface area contributed by atoms with Gasteiger partial charge in [0.2, 0.25) is 0 Å². The Morgan fingerprint density at radius 2 is 1.80 bits per heavy atom. The topological polar surface area (TPSA) is 26.0 Å². The van der Waals surface area contributed by atoms with Gasteiger partial charge in [0.25, 0.3) is 0 Å². The molecule has 15 heavy (non-hydrogen) atoms. The van der Waals surface area contributed by atoms with Crippen molar-refractivity contribution in [2.45, 2.75) is 0 Å². The molecule has 72 valence electrons. The van der Waals surface area contributed by atoms with Crippen LogP contribution in [-0.4, -0.2) is 4.98 Å². The quantitative estimate of drug-likeness (QED) is 0.594. The summed E-state index contributed by atoms with van der Waals surface area (Å²) in [5, 5.41) is 0. The first-order chi connectivity index (χ1) is 7.45. The molecule has 0 spiro atoms. The van der Waals surface area contributed by atoms with Gasteiger partial charge in [-0.3, -0.25) is 4.98 Å². The Kier molecular flexibility index (Phi) is 1.78. The summed E-state index contributed by atoms with van der Waals surface area (Å²) in [6.07, 6.45) is 3.48. The smallest absolute Gasteiger partial charge is 0.160 e. The lowest BCUT2D eigenvalue weighted by molar-refractivity contribution is 0.616. The molecule has 2 heteroatoms. The second-order valence-corrected chi connectivity index (χ2v) is 3.36. The van der Waals surface area contributed by atoms with Crippen LogP contribution in [0.2, 0.25) is 0 Å². The van der Waals surface area contributed by atoms with Crippen molar-refractivity contribution in [1.82, 2.24) is 4.98 Å². The molecule has 2 nitrogen and oxygen atoms in total. The fourth-order valence-corrected chi connectivity index (χ4v) is 1.72. The summed E-state index contributed by atoms with van der Waals surface area (Å²) in [5.41, 5.74) is 3.99. The Morgan fingerprint density at radius 1 is 0.933 bits per heavy atom. The van der Waals surface area contributed by atoms with Gasteiger partial charge in [-0.2, -0.15) is 0 Å². The summed E-state index contributed by atoms with van der Waals surface area (Å²) in [6.45, 7) is 0. The van der Waals surface area contributed by atoms with Crippen molar-refractivity contribution in [2.24, 2.45) is 0 Å². The Hall–Kier alpha value is -2.09. The zero-order valence-corrected chi connectivity index (χ0v) is 8.05. The Morgan fingerprint density at radius 3 is 2.67 bits per heavy atom. The highest BCUT2D eigenvalue weighted by atomic mass is 16.3. The molecule has 0 saturated carbocycles. The van der Waals surface area contributed by atoms with Gasteiger partial charge in [0, 0.05) is 17.8 Å². The third kappa shape index (κ3) is 1.31. The van der Waals surface area contributed by atoms with Crippen molar-refractivity contribution >= 4 is 11.1 Å². The molecular weight excluding hydrogens is 186 g/mol. The van der Waals surface area contributed by atoms with E-state index in [1.165, 1.54) is 0 Å². The van der Waals surface area contributed by atoms with E-state index in [0.29, 0.717) is 0 Å². The van der Waals surface area contributed by atoms with E-state index in [2.05, 4.69) is 17.1 Å². The molecule has 0 N–H and O–H groups in total. The molecule has 2 heterocycles. The highest BCUT2D eigenvalue weighted by Gasteiger charge is 2.05. The van der Waals surface area contributed by atoms with Crippen molar-refractivity contribution in [2.75, 3.05) is 0 Å². The van der Waals surface area contributed by atoms with Gasteiger partial charge in [-0.15, -0.1) is 0 Å². The largest absolute Gasteiger partial charge is 0.462 e. The predicted octanol–water partition coefficient (Wildman–Crippen LogP) is 3.49. The predicted molar refractivity (Wildman–Crippen MR) is 59.4 cm³/mol. The molecule has 0 aliphatic carbocycles. The molecule has 0 aliphatic heterocycles. The van der Waals surface area contributed by atoms with Crippen molar-refractivity contribution in [3.63, 3.8) is 0 Å². The van der Waals surface area contributed by atoms with Crippen LogP contribution in [0.5, 0.6) is 0 Å². The van der Waals surface area contributed by atoms with E-state index in [1.807, 2.05) is 30.3 Å². The van der Waals surface area contributed by atoms with Gasteiger partial charge in [0.15, 0.2) is 5.58 Å². The molecular formula is C13H9NO. The van der Waals surface area contributed by atoms with Crippen LogP contribution in [0.4, 0.5) is 0 Å². The standard InChI is InChI=1S/C13H9NO/c1-2-4-10(5-3-1)11-6-8-14-12-7-9-15-13(11)12/h1-9H. The highest BCUT2D eigenvalue weighted by Crippen LogP contribution is 2.27. The maximum absolute atomic E-state index is 5.44. The third-order valence-electron chi connectivity index (χ3n) is 2.43. The SMILES string of the molecule is c1ccc(-c2ccnc3ccoc23)cc1. The van der Waals surface area contributed by atoms with E-state index in [1.54, 1.807) is 12.5 Å². The molecule has 0 atom stereocenters. The molecule has 0 aliphatic rings. The van der Waals surface area contributed by atoms with Gasteiger partial charge in [-0.05, 0) is 11.6 Å². The average molecular weight is 195 g/mol. The minimum atomic E-state index is 0.851. The van der Waals surface area contributed by atoms with Crippen LogP contribution in [0.1, 0.15) is 0 Å². The maximum Gasteiger partial charge on any atom is 0.160 e. The summed E-state index contributed by atoms with van der Waals surface area (Å²) in [6, 6.07) is 14.0. The lowest BCUT2D eigenvalue weighted by Crippen LogP contribution is -1.79. The lowest BCUT2D eigenvalue weighted by Gasteiger charge is -2.00. The number of benzene rings is 1. The summed E-state index contributed by atoms with van der Waals surface area (Å²) >= 11 is 0. The average Bonchev–Trinajstić information content (AvgIpc) is 2.78. The highest BCUT2D eigenvalue weighted by molar-refractivity contribution is 5.89. The van der Waals surface area contributed by atoms with E-state index in [4.69, 9.17) is 4.42 Å². The summed E-state index contributed by atoms with van der Waals surface area (Å²) < 4.78 is 5.44. The molecule has 0 amide bonds. The Bertz CT molecular complexity index is 584. The van der Waals surface area contributed by atoms with Crippen LogP contribution in [0, 0.1) is 0 Å². The number of furan rings is 1. The van der Waals surface area contributed by atoms with E-state index >= 15 is 0 Å². The second kappa shape index (κ2) is 3.24. The number of fused-ring (bicyclic) bond motifs is 1. The monoisotopic (exact) mass is 195 g/mol. The van der Waals surface area contributed by atoms with E-state index in [9.17, 15) is 0 Å². The number of hydrogen-bond acceptors (Lipinski definition) is 2.